The van der Waals surface area contributed by atoms with Gasteiger partial charge in [-0.05, 0) is 30.5 Å². The summed E-state index contributed by atoms with van der Waals surface area (Å²) in [4.78, 5) is 22.3. The van der Waals surface area contributed by atoms with Crippen LogP contribution in [0, 0.1) is 0 Å². The van der Waals surface area contributed by atoms with Crippen LogP contribution in [0.3, 0.4) is 0 Å². The normalized spacial score (nSPS) is 14.0. The van der Waals surface area contributed by atoms with Gasteiger partial charge in [0.2, 0.25) is 5.88 Å². The Hall–Kier alpha value is -3.04. The van der Waals surface area contributed by atoms with Crippen molar-refractivity contribution < 1.29 is 22.7 Å². The third-order valence-electron chi connectivity index (χ3n) is 4.07. The van der Waals surface area contributed by atoms with Crippen LogP contribution in [-0.4, -0.2) is 41.9 Å². The maximum Gasteiger partial charge on any atom is 0.422 e. The molecule has 0 spiro atoms. The number of carbonyl (C=O) groups is 1. The van der Waals surface area contributed by atoms with Crippen molar-refractivity contribution in [2.45, 2.75) is 25.6 Å². The number of nitrogens with one attached hydrogen (secondary N) is 2. The number of hydrogen-bond donors (Lipinski definition) is 2. The molecule has 0 bridgehead atoms. The fraction of sp³-hybridized carbons (Fsp3) is 0.389. The molecule has 2 aromatic rings. The first-order chi connectivity index (χ1) is 13.4. The molecule has 0 atom stereocenters. The number of rotatable bonds is 6. The second kappa shape index (κ2) is 8.77. The van der Waals surface area contributed by atoms with E-state index in [9.17, 15) is 18.0 Å². The summed E-state index contributed by atoms with van der Waals surface area (Å²) in [5.41, 5.74) is 1.19. The van der Waals surface area contributed by atoms with Crippen molar-refractivity contribution in [2.75, 3.05) is 29.9 Å². The second-order valence-electron chi connectivity index (χ2n) is 6.32. The standard InChI is InChI=1S/C18H20F3N5O2/c19-18(20,21)12-28-16-6-4-14(11-23-16)25-17(27)24-10-13-3-5-15(22-9-13)26-7-1-2-8-26/h3-6,9,11H,1-2,7-8,10,12H2,(H2,24,25,27). The van der Waals surface area contributed by atoms with E-state index in [-0.39, 0.29) is 5.88 Å². The summed E-state index contributed by atoms with van der Waals surface area (Å²) in [5, 5.41) is 5.23. The summed E-state index contributed by atoms with van der Waals surface area (Å²) in [7, 11) is 0. The zero-order valence-electron chi connectivity index (χ0n) is 15.0. The van der Waals surface area contributed by atoms with Crippen molar-refractivity contribution in [2.24, 2.45) is 0 Å². The summed E-state index contributed by atoms with van der Waals surface area (Å²) in [6.07, 6.45) is 0.866. The fourth-order valence-electron chi connectivity index (χ4n) is 2.71. The molecule has 1 fully saturated rings. The highest BCUT2D eigenvalue weighted by Crippen LogP contribution is 2.19. The van der Waals surface area contributed by atoms with E-state index in [4.69, 9.17) is 0 Å². The van der Waals surface area contributed by atoms with Crippen LogP contribution in [-0.2, 0) is 6.54 Å². The molecule has 150 valence electrons. The number of hydrogen-bond acceptors (Lipinski definition) is 5. The van der Waals surface area contributed by atoms with Gasteiger partial charge in [0.1, 0.15) is 5.82 Å². The Morgan fingerprint density at radius 2 is 1.89 bits per heavy atom. The van der Waals surface area contributed by atoms with Gasteiger partial charge in [-0.25, -0.2) is 14.8 Å². The van der Waals surface area contributed by atoms with Gasteiger partial charge in [0, 0.05) is 31.9 Å². The summed E-state index contributed by atoms with van der Waals surface area (Å²) in [6.45, 7) is 0.902. The average molecular weight is 395 g/mol. The smallest absolute Gasteiger partial charge is 0.422 e. The van der Waals surface area contributed by atoms with Gasteiger partial charge in [-0.1, -0.05) is 6.07 Å². The first kappa shape index (κ1) is 19.7. The van der Waals surface area contributed by atoms with Gasteiger partial charge in [0.25, 0.3) is 0 Å². The average Bonchev–Trinajstić information content (AvgIpc) is 3.20. The van der Waals surface area contributed by atoms with Crippen LogP contribution >= 0.6 is 0 Å². The largest absolute Gasteiger partial charge is 0.468 e. The lowest BCUT2D eigenvalue weighted by Gasteiger charge is -2.16. The van der Waals surface area contributed by atoms with Crippen molar-refractivity contribution >= 4 is 17.5 Å². The molecule has 0 aliphatic carbocycles. The topological polar surface area (TPSA) is 79.4 Å². The highest BCUT2D eigenvalue weighted by molar-refractivity contribution is 5.88. The third-order valence-corrected chi connectivity index (χ3v) is 4.07. The molecular formula is C18H20F3N5O2. The van der Waals surface area contributed by atoms with Crippen LogP contribution in [0.15, 0.2) is 36.7 Å². The van der Waals surface area contributed by atoms with Gasteiger partial charge >= 0.3 is 12.2 Å². The number of anilines is 2. The molecule has 2 aromatic heterocycles. The maximum atomic E-state index is 12.1. The lowest BCUT2D eigenvalue weighted by molar-refractivity contribution is -0.154. The molecule has 1 saturated heterocycles. The van der Waals surface area contributed by atoms with Crippen LogP contribution in [0.5, 0.6) is 5.88 Å². The van der Waals surface area contributed by atoms with Crippen molar-refractivity contribution in [1.82, 2.24) is 15.3 Å². The number of nitrogens with zero attached hydrogens (tertiary/aromatic N) is 3. The quantitative estimate of drug-likeness (QED) is 0.784. The van der Waals surface area contributed by atoms with Crippen LogP contribution < -0.4 is 20.3 Å². The highest BCUT2D eigenvalue weighted by atomic mass is 19.4. The number of halogens is 3. The van der Waals surface area contributed by atoms with E-state index in [0.29, 0.717) is 12.2 Å². The molecule has 2 N–H and O–H groups in total. The minimum absolute atomic E-state index is 0.174. The SMILES string of the molecule is O=C(NCc1ccc(N2CCCC2)nc1)Nc1ccc(OCC(F)(F)F)nc1. The molecule has 0 saturated carbocycles. The lowest BCUT2D eigenvalue weighted by atomic mass is 10.3. The zero-order chi connectivity index (χ0) is 20.0. The highest BCUT2D eigenvalue weighted by Gasteiger charge is 2.28. The summed E-state index contributed by atoms with van der Waals surface area (Å²) in [5.74, 6) is 0.761. The molecule has 28 heavy (non-hydrogen) atoms. The van der Waals surface area contributed by atoms with Crippen molar-refractivity contribution in [3.63, 3.8) is 0 Å². The van der Waals surface area contributed by atoms with Gasteiger partial charge in [-0.3, -0.25) is 0 Å². The van der Waals surface area contributed by atoms with Gasteiger partial charge < -0.3 is 20.3 Å². The van der Waals surface area contributed by atoms with E-state index in [0.717, 1.165) is 24.5 Å². The second-order valence-corrected chi connectivity index (χ2v) is 6.32. The first-order valence-corrected chi connectivity index (χ1v) is 8.79. The molecule has 0 aromatic carbocycles. The van der Waals surface area contributed by atoms with Crippen LogP contribution in [0.2, 0.25) is 0 Å². The van der Waals surface area contributed by atoms with E-state index in [1.807, 2.05) is 12.1 Å². The number of aromatic nitrogens is 2. The monoisotopic (exact) mass is 395 g/mol. The lowest BCUT2D eigenvalue weighted by Crippen LogP contribution is -2.28. The number of urea groups is 1. The zero-order valence-corrected chi connectivity index (χ0v) is 15.0. The Balaban J connectivity index is 1.43. The molecule has 1 aliphatic rings. The number of ether oxygens (including phenoxy) is 1. The Kier molecular flexibility index (Phi) is 6.17. The van der Waals surface area contributed by atoms with Crippen molar-refractivity contribution in [1.29, 1.82) is 0 Å². The van der Waals surface area contributed by atoms with Crippen LogP contribution in [0.4, 0.5) is 29.5 Å². The van der Waals surface area contributed by atoms with Crippen molar-refractivity contribution in [3.8, 4) is 5.88 Å². The van der Waals surface area contributed by atoms with E-state index < -0.39 is 18.8 Å². The molecule has 3 heterocycles. The number of carbonyl (C=O) groups excluding carboxylic acids is 1. The maximum absolute atomic E-state index is 12.1. The Morgan fingerprint density at radius 1 is 1.11 bits per heavy atom. The van der Waals surface area contributed by atoms with E-state index in [1.54, 1.807) is 6.20 Å². The summed E-state index contributed by atoms with van der Waals surface area (Å²) in [6, 6.07) is 6.04. The van der Waals surface area contributed by atoms with Crippen LogP contribution in [0.1, 0.15) is 18.4 Å². The van der Waals surface area contributed by atoms with E-state index >= 15 is 0 Å². The van der Waals surface area contributed by atoms with Crippen LogP contribution in [0.25, 0.3) is 0 Å². The number of pyridine rings is 2. The molecule has 1 aliphatic heterocycles. The number of alkyl halides is 3. The molecule has 7 nitrogen and oxygen atoms in total. The Morgan fingerprint density at radius 3 is 2.50 bits per heavy atom. The predicted molar refractivity (Wildman–Crippen MR) is 97.3 cm³/mol. The Labute approximate surface area is 159 Å². The molecule has 10 heteroatoms. The first-order valence-electron chi connectivity index (χ1n) is 8.79. The fourth-order valence-corrected chi connectivity index (χ4v) is 2.71. The van der Waals surface area contributed by atoms with Gasteiger partial charge in [-0.2, -0.15) is 13.2 Å². The predicted octanol–water partition coefficient (Wildman–Crippen LogP) is 3.34. The molecule has 2 amide bonds. The van der Waals surface area contributed by atoms with Gasteiger partial charge in [0.05, 0.1) is 11.9 Å². The van der Waals surface area contributed by atoms with E-state index in [2.05, 4.69) is 30.2 Å². The molecule has 0 radical (unpaired) electrons. The molecule has 3 rings (SSSR count). The summed E-state index contributed by atoms with van der Waals surface area (Å²) >= 11 is 0. The Bertz CT molecular complexity index is 775. The molecular weight excluding hydrogens is 375 g/mol. The van der Waals surface area contributed by atoms with E-state index in [1.165, 1.54) is 31.2 Å². The number of amides is 2. The minimum atomic E-state index is -4.43. The summed E-state index contributed by atoms with van der Waals surface area (Å²) < 4.78 is 40.8. The van der Waals surface area contributed by atoms with Gasteiger partial charge in [-0.15, -0.1) is 0 Å². The van der Waals surface area contributed by atoms with Crippen molar-refractivity contribution in [3.05, 3.63) is 42.2 Å². The van der Waals surface area contributed by atoms with Gasteiger partial charge in [0.15, 0.2) is 6.61 Å². The minimum Gasteiger partial charge on any atom is -0.468 e. The molecule has 0 unspecified atom stereocenters. The third kappa shape index (κ3) is 6.00.